The molecule has 0 aliphatic carbocycles. The summed E-state index contributed by atoms with van der Waals surface area (Å²) in [4.78, 5) is 0. The van der Waals surface area contributed by atoms with Crippen LogP contribution in [0.3, 0.4) is 0 Å². The van der Waals surface area contributed by atoms with E-state index in [0.29, 0.717) is 0 Å². The molecule has 8 rings (SSSR count). The molecule has 0 radical (unpaired) electrons. The van der Waals surface area contributed by atoms with Gasteiger partial charge in [0.1, 0.15) is 0 Å². The van der Waals surface area contributed by atoms with Gasteiger partial charge in [-0.05, 0) is 144 Å². The minimum absolute atomic E-state index is 0.0330. The first-order valence-corrected chi connectivity index (χ1v) is 17.2. The van der Waals surface area contributed by atoms with Crippen molar-refractivity contribution in [2.24, 2.45) is 0 Å². The van der Waals surface area contributed by atoms with Gasteiger partial charge in [-0.1, -0.05) is 132 Å². The molecule has 0 fully saturated rings. The molecule has 46 heavy (non-hydrogen) atoms. The standard InChI is InChI=1S/C46H48/c1-43(2,3)29-17-25-13-14-26-18-31(45(7,8)9)23-35-38(26)37(25)33(21-29)41-34-22-30(44(4,5)6)19-27-15-16-28-20-32(46(10,11)12)24-36(42(35)41)40(28)39(27)34/h13-24H,1-12H3. The minimum Gasteiger partial charge on any atom is -0.0561 e. The molecule has 0 nitrogen and oxygen atoms in total. The summed E-state index contributed by atoms with van der Waals surface area (Å²) in [7, 11) is 0. The second-order valence-corrected chi connectivity index (χ2v) is 18.4. The van der Waals surface area contributed by atoms with E-state index < -0.39 is 0 Å². The summed E-state index contributed by atoms with van der Waals surface area (Å²) in [5.41, 5.74) is 5.71. The van der Waals surface area contributed by atoms with Gasteiger partial charge in [-0.15, -0.1) is 0 Å². The Morgan fingerprint density at radius 3 is 0.630 bits per heavy atom. The third-order valence-corrected chi connectivity index (χ3v) is 10.9. The van der Waals surface area contributed by atoms with Crippen molar-refractivity contribution >= 4 is 75.4 Å². The van der Waals surface area contributed by atoms with Crippen LogP contribution in [0.4, 0.5) is 0 Å². The smallest absolute Gasteiger partial charge is 0.00132 e. The third kappa shape index (κ3) is 4.11. The van der Waals surface area contributed by atoms with Crippen molar-refractivity contribution in [2.75, 3.05) is 0 Å². The molecule has 0 aliphatic heterocycles. The van der Waals surface area contributed by atoms with E-state index in [1.807, 2.05) is 0 Å². The van der Waals surface area contributed by atoms with E-state index in [0.717, 1.165) is 0 Å². The molecule has 232 valence electrons. The van der Waals surface area contributed by atoms with Gasteiger partial charge in [-0.25, -0.2) is 0 Å². The van der Waals surface area contributed by atoms with Crippen molar-refractivity contribution in [3.63, 3.8) is 0 Å². The van der Waals surface area contributed by atoms with Crippen molar-refractivity contribution in [2.45, 2.75) is 105 Å². The lowest BCUT2D eigenvalue weighted by Gasteiger charge is -2.28. The van der Waals surface area contributed by atoms with Gasteiger partial charge < -0.3 is 0 Å². The topological polar surface area (TPSA) is 0 Å². The molecule has 0 bridgehead atoms. The minimum atomic E-state index is 0.0330. The zero-order chi connectivity index (χ0) is 32.9. The van der Waals surface area contributed by atoms with Crippen molar-refractivity contribution < 1.29 is 0 Å². The van der Waals surface area contributed by atoms with E-state index in [2.05, 4.69) is 156 Å². The molecule has 0 atom stereocenters. The first-order valence-electron chi connectivity index (χ1n) is 17.2. The van der Waals surface area contributed by atoms with E-state index in [9.17, 15) is 0 Å². The molecule has 0 spiro atoms. The zero-order valence-corrected chi connectivity index (χ0v) is 29.9. The van der Waals surface area contributed by atoms with Gasteiger partial charge in [0.15, 0.2) is 0 Å². The predicted molar refractivity (Wildman–Crippen MR) is 206 cm³/mol. The molecule has 0 saturated heterocycles. The number of fused-ring (bicyclic) bond motifs is 5. The zero-order valence-electron chi connectivity index (χ0n) is 29.9. The van der Waals surface area contributed by atoms with Gasteiger partial charge in [0.2, 0.25) is 0 Å². The fourth-order valence-corrected chi connectivity index (χ4v) is 8.01. The van der Waals surface area contributed by atoms with Gasteiger partial charge in [-0.3, -0.25) is 0 Å². The maximum atomic E-state index is 2.55. The second-order valence-electron chi connectivity index (χ2n) is 18.4. The number of benzene rings is 8. The Hall–Kier alpha value is -3.90. The molecular weight excluding hydrogens is 553 g/mol. The van der Waals surface area contributed by atoms with Crippen LogP contribution in [0.1, 0.15) is 105 Å². The highest BCUT2D eigenvalue weighted by Crippen LogP contribution is 2.51. The molecule has 0 heterocycles. The van der Waals surface area contributed by atoms with Crippen molar-refractivity contribution in [3.8, 4) is 0 Å². The Kier molecular flexibility index (Phi) is 5.72. The highest BCUT2D eigenvalue weighted by molar-refractivity contribution is 6.45. The fourth-order valence-electron chi connectivity index (χ4n) is 8.01. The van der Waals surface area contributed by atoms with Crippen LogP contribution >= 0.6 is 0 Å². The van der Waals surface area contributed by atoms with E-state index in [-0.39, 0.29) is 21.7 Å². The van der Waals surface area contributed by atoms with Crippen LogP contribution in [-0.2, 0) is 21.7 Å². The summed E-state index contributed by atoms with van der Waals surface area (Å²) in [5.74, 6) is 0. The summed E-state index contributed by atoms with van der Waals surface area (Å²) >= 11 is 0. The summed E-state index contributed by atoms with van der Waals surface area (Å²) in [5, 5.41) is 19.5. The molecule has 8 aromatic rings. The van der Waals surface area contributed by atoms with Crippen LogP contribution in [0, 0.1) is 0 Å². The normalized spacial score (nSPS) is 14.1. The SMILES string of the molecule is CC(C)(C)c1cc2ccc3cc(C(C)(C)C)cc4c3c2c(c1)c1c2cc(C(C)(C)C)cc3ccc5cc(C(C)(C)C)cc(c5c32)c41. The molecule has 0 N–H and O–H groups in total. The van der Waals surface area contributed by atoms with Gasteiger partial charge in [0, 0.05) is 0 Å². The highest BCUT2D eigenvalue weighted by atomic mass is 14.3. The van der Waals surface area contributed by atoms with Crippen LogP contribution in [-0.4, -0.2) is 0 Å². The van der Waals surface area contributed by atoms with E-state index >= 15 is 0 Å². The summed E-state index contributed by atoms with van der Waals surface area (Å²) in [6.07, 6.45) is 0. The predicted octanol–water partition coefficient (Wildman–Crippen LogP) is 13.8. The van der Waals surface area contributed by atoms with Crippen LogP contribution in [0.2, 0.25) is 0 Å². The molecule has 0 saturated carbocycles. The Labute approximate surface area is 274 Å². The Balaban J connectivity index is 1.81. The van der Waals surface area contributed by atoms with E-state index in [4.69, 9.17) is 0 Å². The number of hydrogen-bond donors (Lipinski definition) is 0. The van der Waals surface area contributed by atoms with Gasteiger partial charge in [-0.2, -0.15) is 0 Å². The average Bonchev–Trinajstić information content (AvgIpc) is 2.96. The number of hydrogen-bond acceptors (Lipinski definition) is 0. The summed E-state index contributed by atoms with van der Waals surface area (Å²) in [6.45, 7) is 28.2. The molecular formula is C46H48. The Morgan fingerprint density at radius 2 is 0.457 bits per heavy atom. The van der Waals surface area contributed by atoms with Crippen LogP contribution in [0.5, 0.6) is 0 Å². The first kappa shape index (κ1) is 29.5. The largest absolute Gasteiger partial charge is 0.0561 e. The lowest BCUT2D eigenvalue weighted by molar-refractivity contribution is 0.591. The molecule has 0 heteroatoms. The highest BCUT2D eigenvalue weighted by Gasteiger charge is 2.27. The van der Waals surface area contributed by atoms with Gasteiger partial charge >= 0.3 is 0 Å². The van der Waals surface area contributed by atoms with Crippen molar-refractivity contribution in [1.82, 2.24) is 0 Å². The first-order chi connectivity index (χ1) is 21.3. The molecule has 8 aromatic carbocycles. The monoisotopic (exact) mass is 600 g/mol. The maximum absolute atomic E-state index is 2.55. The quantitative estimate of drug-likeness (QED) is 0.120. The second kappa shape index (κ2) is 8.92. The Bertz CT molecular complexity index is 2170. The average molecular weight is 601 g/mol. The lowest BCUT2D eigenvalue weighted by Crippen LogP contribution is -2.13. The third-order valence-electron chi connectivity index (χ3n) is 10.9. The lowest BCUT2D eigenvalue weighted by atomic mass is 9.76. The summed E-state index contributed by atoms with van der Waals surface area (Å²) in [6, 6.07) is 29.6. The van der Waals surface area contributed by atoms with E-state index in [1.54, 1.807) is 0 Å². The number of rotatable bonds is 0. The molecule has 0 aliphatic rings. The maximum Gasteiger partial charge on any atom is -0.00132 e. The van der Waals surface area contributed by atoms with Gasteiger partial charge in [0.25, 0.3) is 0 Å². The Morgan fingerprint density at radius 1 is 0.261 bits per heavy atom. The molecule has 0 unspecified atom stereocenters. The van der Waals surface area contributed by atoms with Crippen LogP contribution < -0.4 is 0 Å². The van der Waals surface area contributed by atoms with Crippen LogP contribution in [0.15, 0.2) is 72.8 Å². The van der Waals surface area contributed by atoms with Gasteiger partial charge in [0.05, 0.1) is 0 Å². The molecule has 0 aromatic heterocycles. The van der Waals surface area contributed by atoms with Crippen LogP contribution in [0.25, 0.3) is 75.4 Å². The van der Waals surface area contributed by atoms with Crippen molar-refractivity contribution in [1.29, 1.82) is 0 Å². The van der Waals surface area contributed by atoms with E-state index in [1.165, 1.54) is 97.7 Å². The fraction of sp³-hybridized carbons (Fsp3) is 0.348. The summed E-state index contributed by atoms with van der Waals surface area (Å²) < 4.78 is 0. The van der Waals surface area contributed by atoms with Crippen molar-refractivity contribution in [3.05, 3.63) is 95.1 Å². The molecule has 0 amide bonds.